The Morgan fingerprint density at radius 2 is 0.706 bits per heavy atom. The fourth-order valence-corrected chi connectivity index (χ4v) is 3.81. The third kappa shape index (κ3) is 31.0. The van der Waals surface area contributed by atoms with E-state index in [0.29, 0.717) is 12.2 Å². The highest BCUT2D eigenvalue weighted by molar-refractivity contribution is 5.75. The van der Waals surface area contributed by atoms with Crippen molar-refractivity contribution in [3.05, 3.63) is 0 Å². The van der Waals surface area contributed by atoms with E-state index in [9.17, 15) is 9.59 Å². The van der Waals surface area contributed by atoms with Gasteiger partial charge in [0.1, 0.15) is 5.78 Å². The Bertz CT molecular complexity index is 409. The van der Waals surface area contributed by atoms with Crippen LogP contribution in [0, 0.1) is 0 Å². The first kappa shape index (κ1) is 33.0. The summed E-state index contributed by atoms with van der Waals surface area (Å²) >= 11 is 0. The maximum atomic E-state index is 10.9. The summed E-state index contributed by atoms with van der Waals surface area (Å²) in [6.45, 7) is 12.9. The lowest BCUT2D eigenvalue weighted by atomic mass is 10.2. The summed E-state index contributed by atoms with van der Waals surface area (Å²) in [5.41, 5.74) is 0. The summed E-state index contributed by atoms with van der Waals surface area (Å²) in [6.07, 6.45) is 16.6. The molecule has 0 spiro atoms. The second-order valence-electron chi connectivity index (χ2n) is 9.53. The molecule has 7 heteroatoms. The van der Waals surface area contributed by atoms with E-state index < -0.39 is 0 Å². The van der Waals surface area contributed by atoms with Crippen LogP contribution >= 0.6 is 0 Å². The summed E-state index contributed by atoms with van der Waals surface area (Å²) < 4.78 is 0. The third-order valence-electron chi connectivity index (χ3n) is 5.91. The first-order valence-corrected chi connectivity index (χ1v) is 14.2. The van der Waals surface area contributed by atoms with Crippen LogP contribution < -0.4 is 26.6 Å². The number of nitrogens with one attached hydrogen (secondary N) is 5. The number of unbranched alkanes of at least 4 members (excludes halogenated alkanes) is 8. The molecule has 0 radical (unpaired) electrons. The molecule has 5 N–H and O–H groups in total. The zero-order valence-corrected chi connectivity index (χ0v) is 22.6. The second-order valence-corrected chi connectivity index (χ2v) is 9.53. The minimum Gasteiger partial charge on any atom is -0.356 e. The molecule has 0 bridgehead atoms. The molecule has 0 aromatic rings. The van der Waals surface area contributed by atoms with Gasteiger partial charge in [0.2, 0.25) is 5.91 Å². The van der Waals surface area contributed by atoms with E-state index in [2.05, 4.69) is 26.6 Å². The van der Waals surface area contributed by atoms with Gasteiger partial charge in [0.25, 0.3) is 0 Å². The van der Waals surface area contributed by atoms with Crippen molar-refractivity contribution in [1.29, 1.82) is 0 Å². The van der Waals surface area contributed by atoms with Crippen LogP contribution in [0.5, 0.6) is 0 Å². The van der Waals surface area contributed by atoms with Gasteiger partial charge < -0.3 is 31.4 Å². The quantitative estimate of drug-likeness (QED) is 0.109. The van der Waals surface area contributed by atoms with E-state index in [1.54, 1.807) is 13.8 Å². The standard InChI is InChI=1S/C27H57N5O2/c1-26(33)16-15-24-31-23-12-5-11-20-29-19-8-3-7-17-28-18-9-4-10-21-30-22-13-6-14-25-32-27(2)34/h28-31H,3-25H2,1-2H3,(H,32,34). The molecule has 0 saturated carbocycles. The molecule has 0 aromatic heterocycles. The Morgan fingerprint density at radius 1 is 0.412 bits per heavy atom. The van der Waals surface area contributed by atoms with Crippen LogP contribution in [0.4, 0.5) is 0 Å². The molecule has 0 unspecified atom stereocenters. The van der Waals surface area contributed by atoms with Crippen LogP contribution in [0.25, 0.3) is 0 Å². The first-order valence-electron chi connectivity index (χ1n) is 14.2. The maximum Gasteiger partial charge on any atom is 0.216 e. The highest BCUT2D eigenvalue weighted by Gasteiger charge is 1.96. The average Bonchev–Trinajstić information content (AvgIpc) is 2.80. The van der Waals surface area contributed by atoms with Crippen molar-refractivity contribution < 1.29 is 9.59 Å². The Kier molecular flexibility index (Phi) is 27.4. The van der Waals surface area contributed by atoms with Crippen molar-refractivity contribution in [1.82, 2.24) is 26.6 Å². The smallest absolute Gasteiger partial charge is 0.216 e. The van der Waals surface area contributed by atoms with Crippen LogP contribution in [0.3, 0.4) is 0 Å². The van der Waals surface area contributed by atoms with Crippen LogP contribution in [0.15, 0.2) is 0 Å². The molecule has 7 nitrogen and oxygen atoms in total. The van der Waals surface area contributed by atoms with Gasteiger partial charge in [-0.3, -0.25) is 4.79 Å². The van der Waals surface area contributed by atoms with Crippen molar-refractivity contribution >= 4 is 11.7 Å². The minimum atomic E-state index is 0.0712. The topological polar surface area (TPSA) is 94.3 Å². The van der Waals surface area contributed by atoms with Crippen LogP contribution in [0.2, 0.25) is 0 Å². The van der Waals surface area contributed by atoms with E-state index >= 15 is 0 Å². The van der Waals surface area contributed by atoms with Gasteiger partial charge in [-0.1, -0.05) is 25.7 Å². The zero-order valence-electron chi connectivity index (χ0n) is 22.6. The number of ketones is 1. The Balaban J connectivity index is 3.03. The van der Waals surface area contributed by atoms with Gasteiger partial charge in [0.05, 0.1) is 0 Å². The summed E-state index contributed by atoms with van der Waals surface area (Å²) in [7, 11) is 0. The number of hydrogen-bond acceptors (Lipinski definition) is 6. The normalized spacial score (nSPS) is 11.1. The highest BCUT2D eigenvalue weighted by Crippen LogP contribution is 1.97. The number of Topliss-reactive ketones (excluding diaryl/α,β-unsaturated/α-hetero) is 1. The average molecular weight is 484 g/mol. The molecule has 0 saturated heterocycles. The molecule has 202 valence electrons. The van der Waals surface area contributed by atoms with E-state index in [4.69, 9.17) is 0 Å². The van der Waals surface area contributed by atoms with Gasteiger partial charge in [-0.05, 0) is 117 Å². The van der Waals surface area contributed by atoms with Gasteiger partial charge in [-0.25, -0.2) is 0 Å². The number of amides is 1. The molecule has 0 aliphatic heterocycles. The van der Waals surface area contributed by atoms with Gasteiger partial charge >= 0.3 is 0 Å². The molecule has 0 rings (SSSR count). The third-order valence-corrected chi connectivity index (χ3v) is 5.91. The monoisotopic (exact) mass is 483 g/mol. The number of carbonyl (C=O) groups is 2. The molecular weight excluding hydrogens is 426 g/mol. The lowest BCUT2D eigenvalue weighted by Gasteiger charge is -2.07. The van der Waals surface area contributed by atoms with Crippen molar-refractivity contribution in [2.75, 3.05) is 58.9 Å². The van der Waals surface area contributed by atoms with Gasteiger partial charge in [-0.15, -0.1) is 0 Å². The summed E-state index contributed by atoms with van der Waals surface area (Å²) in [6, 6.07) is 0. The van der Waals surface area contributed by atoms with Crippen molar-refractivity contribution in [2.24, 2.45) is 0 Å². The molecular formula is C27H57N5O2. The molecule has 0 atom stereocenters. The molecule has 1 amide bonds. The minimum absolute atomic E-state index is 0.0712. The largest absolute Gasteiger partial charge is 0.356 e. The molecule has 0 fully saturated rings. The summed E-state index contributed by atoms with van der Waals surface area (Å²) in [5, 5.41) is 16.9. The molecule has 0 aromatic carbocycles. The lowest BCUT2D eigenvalue weighted by molar-refractivity contribution is -0.119. The summed E-state index contributed by atoms with van der Waals surface area (Å²) in [5.74, 6) is 0.362. The lowest BCUT2D eigenvalue weighted by Crippen LogP contribution is -2.21. The van der Waals surface area contributed by atoms with Crippen molar-refractivity contribution in [2.45, 2.75) is 104 Å². The Hall–Kier alpha value is -1.02. The first-order chi connectivity index (χ1) is 16.6. The fraction of sp³-hybridized carbons (Fsp3) is 0.926. The Labute approximate surface area is 210 Å². The van der Waals surface area contributed by atoms with Crippen LogP contribution in [-0.2, 0) is 9.59 Å². The Morgan fingerprint density at radius 3 is 1.00 bits per heavy atom. The van der Waals surface area contributed by atoms with Gasteiger partial charge in [0.15, 0.2) is 0 Å². The van der Waals surface area contributed by atoms with E-state index in [-0.39, 0.29) is 5.91 Å². The molecule has 34 heavy (non-hydrogen) atoms. The second kappa shape index (κ2) is 28.2. The van der Waals surface area contributed by atoms with E-state index in [1.807, 2.05) is 0 Å². The summed E-state index contributed by atoms with van der Waals surface area (Å²) in [4.78, 5) is 21.6. The number of rotatable bonds is 28. The highest BCUT2D eigenvalue weighted by atomic mass is 16.1. The van der Waals surface area contributed by atoms with Crippen LogP contribution in [0.1, 0.15) is 104 Å². The number of hydrogen-bond donors (Lipinski definition) is 5. The SMILES string of the molecule is CC(=O)CCCNCCCCCNCCCCCNCCCCCNCCCCCNC(C)=O. The van der Waals surface area contributed by atoms with E-state index in [1.165, 1.54) is 70.6 Å². The van der Waals surface area contributed by atoms with Gasteiger partial charge in [-0.2, -0.15) is 0 Å². The predicted octanol–water partition coefficient (Wildman–Crippen LogP) is 3.53. The molecule has 0 aliphatic rings. The number of carbonyl (C=O) groups excluding carboxylic acids is 2. The van der Waals surface area contributed by atoms with Crippen LogP contribution in [-0.4, -0.2) is 70.6 Å². The fourth-order valence-electron chi connectivity index (χ4n) is 3.81. The molecule has 0 aliphatic carbocycles. The zero-order chi connectivity index (χ0) is 25.0. The maximum absolute atomic E-state index is 10.9. The van der Waals surface area contributed by atoms with Crippen molar-refractivity contribution in [3.8, 4) is 0 Å². The van der Waals surface area contributed by atoms with E-state index in [0.717, 1.165) is 71.7 Å². The predicted molar refractivity (Wildman–Crippen MR) is 145 cm³/mol. The molecule has 0 heterocycles. The van der Waals surface area contributed by atoms with Gasteiger partial charge in [0, 0.05) is 19.9 Å². The van der Waals surface area contributed by atoms with Crippen molar-refractivity contribution in [3.63, 3.8) is 0 Å².